The summed E-state index contributed by atoms with van der Waals surface area (Å²) in [5.74, 6) is 0.930. The third-order valence-corrected chi connectivity index (χ3v) is 4.56. The minimum absolute atomic E-state index is 0.275. The summed E-state index contributed by atoms with van der Waals surface area (Å²) in [6, 6.07) is 6.21. The molecule has 1 saturated carbocycles. The van der Waals surface area contributed by atoms with E-state index in [4.69, 9.17) is 0 Å². The van der Waals surface area contributed by atoms with Gasteiger partial charge in [-0.1, -0.05) is 6.07 Å². The highest BCUT2D eigenvalue weighted by Crippen LogP contribution is 2.31. The first-order valence-corrected chi connectivity index (χ1v) is 8.25. The number of tetrazole rings is 1. The molecule has 2 heterocycles. The lowest BCUT2D eigenvalue weighted by atomic mass is 10.2. The van der Waals surface area contributed by atoms with Crippen LogP contribution in [0.2, 0.25) is 0 Å². The van der Waals surface area contributed by atoms with Crippen LogP contribution in [0.4, 0.5) is 4.39 Å². The summed E-state index contributed by atoms with van der Waals surface area (Å²) in [7, 11) is 0. The van der Waals surface area contributed by atoms with Crippen LogP contribution in [0.15, 0.2) is 24.3 Å². The van der Waals surface area contributed by atoms with Crippen LogP contribution in [0.3, 0.4) is 0 Å². The fraction of sp³-hybridized carbons (Fsp3) is 0.500. The molecule has 0 radical (unpaired) electrons. The number of nitrogens with zero attached hydrogens (tertiary/aromatic N) is 6. The molecule has 0 unspecified atom stereocenters. The molecule has 1 aliphatic heterocycles. The number of carbonyl (C=O) groups is 1. The minimum Gasteiger partial charge on any atom is -0.340 e. The number of hydrogen-bond donors (Lipinski definition) is 0. The average molecular weight is 330 g/mol. The molecule has 2 aromatic rings. The van der Waals surface area contributed by atoms with Crippen molar-refractivity contribution in [3.05, 3.63) is 35.9 Å². The molecule has 1 aliphatic carbocycles. The molecule has 1 aromatic heterocycles. The normalized spacial score (nSPS) is 18.8. The molecule has 0 bridgehead atoms. The van der Waals surface area contributed by atoms with E-state index in [0.717, 1.165) is 39.0 Å². The van der Waals surface area contributed by atoms with Gasteiger partial charge in [-0.25, -0.2) is 4.39 Å². The molecular formula is C16H19FN6O. The Morgan fingerprint density at radius 3 is 2.71 bits per heavy atom. The fourth-order valence-electron chi connectivity index (χ4n) is 3.03. The minimum atomic E-state index is -0.318. The van der Waals surface area contributed by atoms with E-state index < -0.39 is 0 Å². The second-order valence-electron chi connectivity index (χ2n) is 6.36. The van der Waals surface area contributed by atoms with Crippen molar-refractivity contribution < 1.29 is 9.18 Å². The Balaban J connectivity index is 1.40. The van der Waals surface area contributed by atoms with E-state index in [1.165, 1.54) is 12.1 Å². The van der Waals surface area contributed by atoms with Crippen molar-refractivity contribution in [2.45, 2.75) is 19.4 Å². The molecule has 1 aromatic carbocycles. The van der Waals surface area contributed by atoms with Gasteiger partial charge in [0.05, 0.1) is 12.2 Å². The summed E-state index contributed by atoms with van der Waals surface area (Å²) >= 11 is 0. The molecule has 0 atom stereocenters. The van der Waals surface area contributed by atoms with Crippen molar-refractivity contribution in [2.24, 2.45) is 5.92 Å². The molecule has 2 aliphatic rings. The van der Waals surface area contributed by atoms with Gasteiger partial charge >= 0.3 is 0 Å². The molecule has 0 N–H and O–H groups in total. The Hall–Kier alpha value is -2.35. The number of hydrogen-bond acceptors (Lipinski definition) is 5. The first-order valence-electron chi connectivity index (χ1n) is 8.25. The lowest BCUT2D eigenvalue weighted by molar-refractivity contribution is -0.134. The maximum atomic E-state index is 13.4. The summed E-state index contributed by atoms with van der Waals surface area (Å²) in [6.07, 6.45) is 2.09. The monoisotopic (exact) mass is 330 g/mol. The van der Waals surface area contributed by atoms with Crippen LogP contribution in [0, 0.1) is 11.7 Å². The summed E-state index contributed by atoms with van der Waals surface area (Å²) < 4.78 is 15.0. The third-order valence-electron chi connectivity index (χ3n) is 4.56. The van der Waals surface area contributed by atoms with Crippen LogP contribution in [0.25, 0.3) is 5.69 Å². The largest absolute Gasteiger partial charge is 0.340 e. The summed E-state index contributed by atoms with van der Waals surface area (Å²) in [5.41, 5.74) is 0.609. The van der Waals surface area contributed by atoms with Crippen molar-refractivity contribution in [3.8, 4) is 5.69 Å². The first-order chi connectivity index (χ1) is 11.7. The van der Waals surface area contributed by atoms with Crippen LogP contribution in [0.5, 0.6) is 0 Å². The van der Waals surface area contributed by atoms with Gasteiger partial charge in [0.15, 0.2) is 5.82 Å². The van der Waals surface area contributed by atoms with Gasteiger partial charge in [-0.2, -0.15) is 4.68 Å². The second kappa shape index (κ2) is 6.27. The maximum absolute atomic E-state index is 13.4. The van der Waals surface area contributed by atoms with E-state index in [0.29, 0.717) is 24.0 Å². The quantitative estimate of drug-likeness (QED) is 0.832. The first kappa shape index (κ1) is 15.2. The van der Waals surface area contributed by atoms with Crippen molar-refractivity contribution in [1.29, 1.82) is 0 Å². The van der Waals surface area contributed by atoms with Crippen LogP contribution < -0.4 is 0 Å². The molecule has 2 fully saturated rings. The van der Waals surface area contributed by atoms with E-state index in [1.54, 1.807) is 16.8 Å². The van der Waals surface area contributed by atoms with Crippen molar-refractivity contribution in [2.75, 3.05) is 26.2 Å². The number of benzene rings is 1. The lowest BCUT2D eigenvalue weighted by Crippen LogP contribution is -2.49. The number of aromatic nitrogens is 4. The standard InChI is InChI=1S/C16H19FN6O/c17-13-2-1-3-14(10-13)23-15(18-19-20-23)11-21-6-8-22(9-7-21)16(24)12-4-5-12/h1-3,10,12H,4-9,11H2. The number of halogens is 1. The molecule has 24 heavy (non-hydrogen) atoms. The highest BCUT2D eigenvalue weighted by atomic mass is 19.1. The molecule has 7 nitrogen and oxygen atoms in total. The predicted molar refractivity (Wildman–Crippen MR) is 83.7 cm³/mol. The molecule has 4 rings (SSSR count). The Bertz CT molecular complexity index is 736. The molecule has 8 heteroatoms. The number of rotatable bonds is 4. The van der Waals surface area contributed by atoms with Gasteiger partial charge in [0.1, 0.15) is 5.82 Å². The topological polar surface area (TPSA) is 67.2 Å². The number of piperazine rings is 1. The van der Waals surface area contributed by atoms with Crippen LogP contribution in [-0.4, -0.2) is 62.1 Å². The second-order valence-corrected chi connectivity index (χ2v) is 6.36. The fourth-order valence-corrected chi connectivity index (χ4v) is 3.03. The highest BCUT2D eigenvalue weighted by molar-refractivity contribution is 5.81. The zero-order valence-electron chi connectivity index (χ0n) is 13.3. The van der Waals surface area contributed by atoms with E-state index >= 15 is 0 Å². The van der Waals surface area contributed by atoms with Gasteiger partial charge in [-0.05, 0) is 41.5 Å². The van der Waals surface area contributed by atoms with E-state index in [2.05, 4.69) is 20.4 Å². The van der Waals surface area contributed by atoms with E-state index in [-0.39, 0.29) is 11.7 Å². The van der Waals surface area contributed by atoms with Gasteiger partial charge < -0.3 is 4.90 Å². The maximum Gasteiger partial charge on any atom is 0.225 e. The smallest absolute Gasteiger partial charge is 0.225 e. The predicted octanol–water partition coefficient (Wildman–Crippen LogP) is 0.856. The zero-order valence-corrected chi connectivity index (χ0v) is 13.3. The summed E-state index contributed by atoms with van der Waals surface area (Å²) in [5, 5.41) is 11.7. The number of carbonyl (C=O) groups excluding carboxylic acids is 1. The third kappa shape index (κ3) is 3.14. The highest BCUT2D eigenvalue weighted by Gasteiger charge is 2.34. The Morgan fingerprint density at radius 1 is 1.21 bits per heavy atom. The zero-order chi connectivity index (χ0) is 16.5. The van der Waals surface area contributed by atoms with Crippen molar-refractivity contribution >= 4 is 5.91 Å². The molecule has 1 saturated heterocycles. The SMILES string of the molecule is O=C(C1CC1)N1CCN(Cc2nnnn2-c2cccc(F)c2)CC1. The Kier molecular flexibility index (Phi) is 3.97. The van der Waals surface area contributed by atoms with Crippen LogP contribution >= 0.6 is 0 Å². The molecule has 1 amide bonds. The van der Waals surface area contributed by atoms with Gasteiger partial charge in [0, 0.05) is 32.1 Å². The van der Waals surface area contributed by atoms with E-state index in [1.807, 2.05) is 4.90 Å². The van der Waals surface area contributed by atoms with Crippen molar-refractivity contribution in [1.82, 2.24) is 30.0 Å². The Labute approximate surface area is 139 Å². The number of amides is 1. The lowest BCUT2D eigenvalue weighted by Gasteiger charge is -2.34. The molecular weight excluding hydrogens is 311 g/mol. The van der Waals surface area contributed by atoms with Crippen LogP contribution in [0.1, 0.15) is 18.7 Å². The molecule has 0 spiro atoms. The van der Waals surface area contributed by atoms with Gasteiger partial charge in [-0.3, -0.25) is 9.69 Å². The van der Waals surface area contributed by atoms with Gasteiger partial charge in [-0.15, -0.1) is 5.10 Å². The average Bonchev–Trinajstić information content (AvgIpc) is 3.35. The van der Waals surface area contributed by atoms with Crippen LogP contribution in [-0.2, 0) is 11.3 Å². The van der Waals surface area contributed by atoms with Crippen molar-refractivity contribution in [3.63, 3.8) is 0 Å². The Morgan fingerprint density at radius 2 is 2.00 bits per heavy atom. The molecule has 126 valence electrons. The van der Waals surface area contributed by atoms with E-state index in [9.17, 15) is 9.18 Å². The van der Waals surface area contributed by atoms with Gasteiger partial charge in [0.2, 0.25) is 5.91 Å². The summed E-state index contributed by atoms with van der Waals surface area (Å²) in [4.78, 5) is 16.3. The van der Waals surface area contributed by atoms with Gasteiger partial charge in [0.25, 0.3) is 0 Å². The summed E-state index contributed by atoms with van der Waals surface area (Å²) in [6.45, 7) is 3.67.